The molecule has 0 amide bonds. The molecule has 10 heteroatoms. The van der Waals surface area contributed by atoms with E-state index in [1.54, 1.807) is 29.9 Å². The van der Waals surface area contributed by atoms with Crippen molar-refractivity contribution in [1.29, 1.82) is 0 Å². The van der Waals surface area contributed by atoms with E-state index in [1.165, 1.54) is 18.2 Å². The molecule has 1 aromatic carbocycles. The summed E-state index contributed by atoms with van der Waals surface area (Å²) in [6.07, 6.45) is 7.13. The Kier molecular flexibility index (Phi) is 8.35. The second-order valence-electron chi connectivity index (χ2n) is 8.88. The van der Waals surface area contributed by atoms with E-state index >= 15 is 0 Å². The first-order valence-electron chi connectivity index (χ1n) is 12.2. The molecule has 4 rings (SSSR count). The zero-order valence-corrected chi connectivity index (χ0v) is 20.8. The van der Waals surface area contributed by atoms with Crippen LogP contribution in [0.15, 0.2) is 42.9 Å². The predicted molar refractivity (Wildman–Crippen MR) is 133 cm³/mol. The summed E-state index contributed by atoms with van der Waals surface area (Å²) in [5.74, 6) is 0.264. The zero-order valence-electron chi connectivity index (χ0n) is 20.8. The monoisotopic (exact) mass is 503 g/mol. The molecule has 2 aromatic heterocycles. The lowest BCUT2D eigenvalue weighted by Gasteiger charge is -2.31. The van der Waals surface area contributed by atoms with E-state index in [0.29, 0.717) is 17.0 Å². The van der Waals surface area contributed by atoms with Gasteiger partial charge in [-0.15, -0.1) is 0 Å². The molecular formula is C26H32F3N5O2. The summed E-state index contributed by atoms with van der Waals surface area (Å²) >= 11 is 0. The summed E-state index contributed by atoms with van der Waals surface area (Å²) < 4.78 is 52.1. The van der Waals surface area contributed by atoms with Gasteiger partial charge in [0.05, 0.1) is 12.2 Å². The number of nitrogens with zero attached hydrogens (tertiary/aromatic N) is 4. The van der Waals surface area contributed by atoms with Crippen molar-refractivity contribution in [3.05, 3.63) is 59.8 Å². The third-order valence-electron chi connectivity index (χ3n) is 6.23. The van der Waals surface area contributed by atoms with Crippen molar-refractivity contribution in [1.82, 2.24) is 19.5 Å². The molecule has 0 aliphatic carbocycles. The smallest absolute Gasteiger partial charge is 0.272 e. The lowest BCUT2D eigenvalue weighted by Crippen LogP contribution is -2.33. The summed E-state index contributed by atoms with van der Waals surface area (Å²) in [5, 5.41) is 7.68. The SMILES string of the molecule is CC/C(=C\N(C)C1CCCCO1)c1cnn2ccc(NC(C)c3cc(F)ccc3OCC(F)F)nc12. The van der Waals surface area contributed by atoms with Crippen molar-refractivity contribution in [2.45, 2.75) is 58.2 Å². The summed E-state index contributed by atoms with van der Waals surface area (Å²) in [6, 6.07) is 5.14. The molecule has 0 spiro atoms. The number of anilines is 1. The number of rotatable bonds is 10. The number of fused-ring (bicyclic) bond motifs is 1. The second-order valence-corrected chi connectivity index (χ2v) is 8.88. The number of aromatic nitrogens is 3. The normalized spacial score (nSPS) is 17.4. The van der Waals surface area contributed by atoms with Gasteiger partial charge in [-0.25, -0.2) is 22.7 Å². The van der Waals surface area contributed by atoms with Crippen LogP contribution in [0, 0.1) is 5.82 Å². The molecule has 1 fully saturated rings. The molecule has 1 aliphatic rings. The van der Waals surface area contributed by atoms with Crippen LogP contribution in [0.3, 0.4) is 0 Å². The van der Waals surface area contributed by atoms with Crippen LogP contribution >= 0.6 is 0 Å². The molecule has 0 radical (unpaired) electrons. The minimum absolute atomic E-state index is 0.0564. The third-order valence-corrected chi connectivity index (χ3v) is 6.23. The van der Waals surface area contributed by atoms with Gasteiger partial charge in [0, 0.05) is 37.2 Å². The van der Waals surface area contributed by atoms with Crippen molar-refractivity contribution < 1.29 is 22.6 Å². The van der Waals surface area contributed by atoms with Gasteiger partial charge in [-0.3, -0.25) is 0 Å². The fraction of sp³-hybridized carbons (Fsp3) is 0.462. The van der Waals surface area contributed by atoms with Crippen LogP contribution in [0.1, 0.15) is 56.7 Å². The van der Waals surface area contributed by atoms with Crippen LogP contribution in [0.4, 0.5) is 19.0 Å². The standard InChI is InChI=1S/C26H32F3N5O2/c1-4-18(15-33(3)25-7-5-6-12-35-25)21-14-30-34-11-10-24(32-26(21)34)31-17(2)20-13-19(27)8-9-22(20)36-16-23(28)29/h8-11,13-15,17,23,25H,4-7,12,16H2,1-3H3,(H,31,32)/b18-15+. The number of ether oxygens (including phenoxy) is 2. The highest BCUT2D eigenvalue weighted by molar-refractivity contribution is 5.76. The Bertz CT molecular complexity index is 1190. The third kappa shape index (κ3) is 6.10. The number of alkyl halides is 2. The molecule has 2 unspecified atom stereocenters. The molecule has 1 saturated heterocycles. The van der Waals surface area contributed by atoms with E-state index in [2.05, 4.69) is 28.4 Å². The average Bonchev–Trinajstić information content (AvgIpc) is 3.29. The fourth-order valence-electron chi connectivity index (χ4n) is 4.34. The van der Waals surface area contributed by atoms with Crippen LogP contribution < -0.4 is 10.1 Å². The van der Waals surface area contributed by atoms with Crippen molar-refractivity contribution in [2.24, 2.45) is 0 Å². The maximum atomic E-state index is 14.0. The van der Waals surface area contributed by atoms with Gasteiger partial charge in [-0.1, -0.05) is 6.92 Å². The van der Waals surface area contributed by atoms with Crippen molar-refractivity contribution in [3.8, 4) is 5.75 Å². The number of nitrogens with one attached hydrogen (secondary N) is 1. The van der Waals surface area contributed by atoms with Gasteiger partial charge in [0.1, 0.15) is 30.2 Å². The first-order valence-corrected chi connectivity index (χ1v) is 12.2. The van der Waals surface area contributed by atoms with Crippen LogP contribution in [0.2, 0.25) is 0 Å². The molecule has 3 aromatic rings. The van der Waals surface area contributed by atoms with Gasteiger partial charge < -0.3 is 19.7 Å². The Morgan fingerprint density at radius 1 is 1.33 bits per heavy atom. The molecule has 2 atom stereocenters. The summed E-state index contributed by atoms with van der Waals surface area (Å²) in [7, 11) is 2.02. The summed E-state index contributed by atoms with van der Waals surface area (Å²) in [4.78, 5) is 6.87. The van der Waals surface area contributed by atoms with Gasteiger partial charge in [0.2, 0.25) is 0 Å². The molecule has 1 N–H and O–H groups in total. The number of hydrogen-bond donors (Lipinski definition) is 1. The number of benzene rings is 1. The maximum Gasteiger partial charge on any atom is 0.272 e. The Balaban J connectivity index is 1.58. The van der Waals surface area contributed by atoms with E-state index in [4.69, 9.17) is 14.5 Å². The summed E-state index contributed by atoms with van der Waals surface area (Å²) in [5.41, 5.74) is 3.08. The van der Waals surface area contributed by atoms with E-state index in [1.807, 2.05) is 7.05 Å². The molecular weight excluding hydrogens is 471 g/mol. The molecule has 7 nitrogen and oxygen atoms in total. The van der Waals surface area contributed by atoms with Crippen molar-refractivity contribution in [2.75, 3.05) is 25.6 Å². The van der Waals surface area contributed by atoms with Crippen LogP contribution in [0.25, 0.3) is 11.2 Å². The number of hydrogen-bond acceptors (Lipinski definition) is 6. The maximum absolute atomic E-state index is 14.0. The largest absolute Gasteiger partial charge is 0.487 e. The molecule has 36 heavy (non-hydrogen) atoms. The van der Waals surface area contributed by atoms with Gasteiger partial charge in [-0.05, 0) is 62.4 Å². The van der Waals surface area contributed by atoms with E-state index in [-0.39, 0.29) is 12.0 Å². The van der Waals surface area contributed by atoms with Crippen molar-refractivity contribution in [3.63, 3.8) is 0 Å². The van der Waals surface area contributed by atoms with Crippen LogP contribution in [0.5, 0.6) is 5.75 Å². The summed E-state index contributed by atoms with van der Waals surface area (Å²) in [6.45, 7) is 3.89. The first-order chi connectivity index (χ1) is 17.4. The van der Waals surface area contributed by atoms with E-state index < -0.39 is 24.9 Å². The minimum Gasteiger partial charge on any atom is -0.487 e. The quantitative estimate of drug-likeness (QED) is 0.372. The Hall–Kier alpha value is -3.27. The minimum atomic E-state index is -2.62. The number of allylic oxidation sites excluding steroid dienone is 1. The van der Waals surface area contributed by atoms with Crippen LogP contribution in [-0.4, -0.2) is 52.4 Å². The Labute approximate surface area is 208 Å². The van der Waals surface area contributed by atoms with Gasteiger partial charge in [0.15, 0.2) is 5.65 Å². The Morgan fingerprint density at radius 3 is 2.89 bits per heavy atom. The topological polar surface area (TPSA) is 63.9 Å². The van der Waals surface area contributed by atoms with E-state index in [9.17, 15) is 13.2 Å². The van der Waals surface area contributed by atoms with Gasteiger partial charge >= 0.3 is 0 Å². The fourth-order valence-corrected chi connectivity index (χ4v) is 4.34. The lowest BCUT2D eigenvalue weighted by molar-refractivity contribution is -0.0558. The van der Waals surface area contributed by atoms with Crippen molar-refractivity contribution >= 4 is 17.0 Å². The van der Waals surface area contributed by atoms with Gasteiger partial charge in [-0.2, -0.15) is 5.10 Å². The highest BCUT2D eigenvalue weighted by Crippen LogP contribution is 2.30. The molecule has 0 bridgehead atoms. The average molecular weight is 504 g/mol. The highest BCUT2D eigenvalue weighted by Gasteiger charge is 2.19. The molecule has 194 valence electrons. The van der Waals surface area contributed by atoms with Gasteiger partial charge in [0.25, 0.3) is 6.43 Å². The lowest BCUT2D eigenvalue weighted by atomic mass is 10.1. The van der Waals surface area contributed by atoms with E-state index in [0.717, 1.165) is 43.4 Å². The second kappa shape index (κ2) is 11.6. The molecule has 0 saturated carbocycles. The first kappa shape index (κ1) is 25.8. The number of halogens is 3. The van der Waals surface area contributed by atoms with Crippen LogP contribution in [-0.2, 0) is 4.74 Å². The predicted octanol–water partition coefficient (Wildman–Crippen LogP) is 5.89. The molecule has 1 aliphatic heterocycles. The highest BCUT2D eigenvalue weighted by atomic mass is 19.3. The molecule has 3 heterocycles. The zero-order chi connectivity index (χ0) is 25.7. The Morgan fingerprint density at radius 2 is 2.17 bits per heavy atom.